The molecule has 5 nitrogen and oxygen atoms in total. The molecule has 1 aliphatic heterocycles. The van der Waals surface area contributed by atoms with Crippen LogP contribution in [0.25, 0.3) is 0 Å². The van der Waals surface area contributed by atoms with E-state index in [0.717, 1.165) is 19.6 Å². The molecular formula is C14H29N3O2. The Balaban J connectivity index is 2.36. The molecule has 0 spiro atoms. The van der Waals surface area contributed by atoms with Crippen LogP contribution in [0.4, 0.5) is 0 Å². The Labute approximate surface area is 116 Å². The van der Waals surface area contributed by atoms with Crippen molar-refractivity contribution in [1.29, 1.82) is 0 Å². The van der Waals surface area contributed by atoms with Gasteiger partial charge in [0.25, 0.3) is 0 Å². The van der Waals surface area contributed by atoms with Crippen molar-refractivity contribution in [1.82, 2.24) is 10.2 Å². The van der Waals surface area contributed by atoms with Gasteiger partial charge < -0.3 is 15.8 Å². The number of likely N-dealkylation sites (tertiary alicyclic amines) is 1. The first-order valence-electron chi connectivity index (χ1n) is 7.32. The third kappa shape index (κ3) is 5.47. The molecule has 0 bridgehead atoms. The lowest BCUT2D eigenvalue weighted by Crippen LogP contribution is -2.46. The van der Waals surface area contributed by atoms with E-state index in [-0.39, 0.29) is 12.0 Å². The molecule has 112 valence electrons. The van der Waals surface area contributed by atoms with Gasteiger partial charge in [-0.2, -0.15) is 0 Å². The zero-order chi connectivity index (χ0) is 14.3. The third-order valence-corrected chi connectivity index (χ3v) is 3.90. The first-order valence-corrected chi connectivity index (χ1v) is 7.32. The summed E-state index contributed by atoms with van der Waals surface area (Å²) in [5.74, 6) is 0.577. The normalized spacial score (nSPS) is 19.6. The lowest BCUT2D eigenvalue weighted by Gasteiger charge is -2.31. The molecule has 2 unspecified atom stereocenters. The van der Waals surface area contributed by atoms with Gasteiger partial charge in [-0.15, -0.1) is 0 Å². The number of nitrogens with zero attached hydrogens (tertiary/aromatic N) is 1. The average molecular weight is 271 g/mol. The van der Waals surface area contributed by atoms with E-state index in [1.807, 2.05) is 0 Å². The van der Waals surface area contributed by atoms with E-state index >= 15 is 0 Å². The molecular weight excluding hydrogens is 242 g/mol. The molecule has 1 saturated heterocycles. The number of nitrogens with two attached hydrogens (primary N) is 1. The Morgan fingerprint density at radius 1 is 1.37 bits per heavy atom. The van der Waals surface area contributed by atoms with Gasteiger partial charge in [0.1, 0.15) is 0 Å². The van der Waals surface area contributed by atoms with Crippen LogP contribution < -0.4 is 11.1 Å². The number of nitrogens with one attached hydrogen (secondary N) is 1. The molecule has 0 aliphatic carbocycles. The summed E-state index contributed by atoms with van der Waals surface area (Å²) in [5, 5.41) is 3.02. The zero-order valence-corrected chi connectivity index (χ0v) is 12.5. The quantitative estimate of drug-likeness (QED) is 0.678. The minimum absolute atomic E-state index is 0.0298. The SMILES string of the molecule is COC(CN)CC(=O)NCC(C(C)C)N1CCCC1. The predicted octanol–water partition coefficient (Wildman–Crippen LogP) is 0.587. The highest BCUT2D eigenvalue weighted by Crippen LogP contribution is 2.17. The van der Waals surface area contributed by atoms with E-state index in [2.05, 4.69) is 24.1 Å². The number of carbonyl (C=O) groups is 1. The summed E-state index contributed by atoms with van der Waals surface area (Å²) >= 11 is 0. The molecule has 3 N–H and O–H groups in total. The Kier molecular flexibility index (Phi) is 7.34. The summed E-state index contributed by atoms with van der Waals surface area (Å²) in [6.45, 7) is 7.84. The molecule has 2 atom stereocenters. The van der Waals surface area contributed by atoms with Gasteiger partial charge in [0, 0.05) is 26.2 Å². The van der Waals surface area contributed by atoms with Gasteiger partial charge in [0.2, 0.25) is 5.91 Å². The number of methoxy groups -OCH3 is 1. The van der Waals surface area contributed by atoms with Crippen LogP contribution in [0, 0.1) is 5.92 Å². The van der Waals surface area contributed by atoms with E-state index in [9.17, 15) is 4.79 Å². The maximum atomic E-state index is 11.8. The van der Waals surface area contributed by atoms with Crippen molar-refractivity contribution in [3.05, 3.63) is 0 Å². The average Bonchev–Trinajstić information content (AvgIpc) is 2.89. The van der Waals surface area contributed by atoms with Crippen LogP contribution >= 0.6 is 0 Å². The Morgan fingerprint density at radius 3 is 2.47 bits per heavy atom. The predicted molar refractivity (Wildman–Crippen MR) is 76.9 cm³/mol. The molecule has 1 fully saturated rings. The summed E-state index contributed by atoms with van der Waals surface area (Å²) in [4.78, 5) is 14.3. The van der Waals surface area contributed by atoms with Crippen LogP contribution in [0.3, 0.4) is 0 Å². The number of carbonyl (C=O) groups excluding carboxylic acids is 1. The van der Waals surface area contributed by atoms with Crippen molar-refractivity contribution in [2.75, 3.05) is 33.3 Å². The first-order chi connectivity index (χ1) is 9.08. The number of amides is 1. The second kappa shape index (κ2) is 8.51. The molecule has 0 aromatic heterocycles. The Morgan fingerprint density at radius 2 is 2.00 bits per heavy atom. The summed E-state index contributed by atoms with van der Waals surface area (Å²) in [5.41, 5.74) is 5.52. The van der Waals surface area contributed by atoms with Crippen LogP contribution in [0.1, 0.15) is 33.1 Å². The Bertz CT molecular complexity index is 261. The van der Waals surface area contributed by atoms with Gasteiger partial charge in [-0.05, 0) is 31.8 Å². The molecule has 5 heteroatoms. The molecule has 0 aromatic rings. The molecule has 1 heterocycles. The zero-order valence-electron chi connectivity index (χ0n) is 12.5. The van der Waals surface area contributed by atoms with Crippen molar-refractivity contribution in [2.24, 2.45) is 11.7 Å². The molecule has 1 aliphatic rings. The van der Waals surface area contributed by atoms with E-state index < -0.39 is 0 Å². The monoisotopic (exact) mass is 271 g/mol. The minimum Gasteiger partial charge on any atom is -0.380 e. The lowest BCUT2D eigenvalue weighted by molar-refractivity contribution is -0.123. The number of hydrogen-bond acceptors (Lipinski definition) is 4. The second-order valence-electron chi connectivity index (χ2n) is 5.66. The highest BCUT2D eigenvalue weighted by molar-refractivity contribution is 5.76. The fourth-order valence-corrected chi connectivity index (χ4v) is 2.62. The fourth-order valence-electron chi connectivity index (χ4n) is 2.62. The van der Waals surface area contributed by atoms with Gasteiger partial charge in [-0.1, -0.05) is 13.8 Å². The van der Waals surface area contributed by atoms with Crippen molar-refractivity contribution in [3.8, 4) is 0 Å². The van der Waals surface area contributed by atoms with E-state index in [4.69, 9.17) is 10.5 Å². The topological polar surface area (TPSA) is 67.6 Å². The maximum Gasteiger partial charge on any atom is 0.222 e. The highest BCUT2D eigenvalue weighted by atomic mass is 16.5. The molecule has 0 aromatic carbocycles. The summed E-state index contributed by atoms with van der Waals surface area (Å²) in [6.07, 6.45) is 2.72. The molecule has 1 amide bonds. The number of ether oxygens (including phenoxy) is 1. The van der Waals surface area contributed by atoms with Gasteiger partial charge in [0.05, 0.1) is 12.5 Å². The van der Waals surface area contributed by atoms with E-state index in [1.54, 1.807) is 7.11 Å². The van der Waals surface area contributed by atoms with Crippen LogP contribution in [0.2, 0.25) is 0 Å². The number of hydrogen-bond donors (Lipinski definition) is 2. The highest BCUT2D eigenvalue weighted by Gasteiger charge is 2.25. The lowest BCUT2D eigenvalue weighted by atomic mass is 10.0. The van der Waals surface area contributed by atoms with Crippen LogP contribution in [-0.4, -0.2) is 56.2 Å². The summed E-state index contributed by atoms with van der Waals surface area (Å²) in [7, 11) is 1.59. The third-order valence-electron chi connectivity index (χ3n) is 3.90. The van der Waals surface area contributed by atoms with Crippen molar-refractivity contribution in [2.45, 2.75) is 45.3 Å². The van der Waals surface area contributed by atoms with Crippen LogP contribution in [-0.2, 0) is 9.53 Å². The van der Waals surface area contributed by atoms with Gasteiger partial charge in [0.15, 0.2) is 0 Å². The Hall–Kier alpha value is -0.650. The van der Waals surface area contributed by atoms with Gasteiger partial charge >= 0.3 is 0 Å². The smallest absolute Gasteiger partial charge is 0.222 e. The summed E-state index contributed by atoms with van der Waals surface area (Å²) in [6, 6.07) is 0.435. The van der Waals surface area contributed by atoms with Crippen LogP contribution in [0.15, 0.2) is 0 Å². The number of rotatable bonds is 8. The van der Waals surface area contributed by atoms with Crippen molar-refractivity contribution < 1.29 is 9.53 Å². The second-order valence-corrected chi connectivity index (χ2v) is 5.66. The minimum atomic E-state index is -0.177. The van der Waals surface area contributed by atoms with E-state index in [1.165, 1.54) is 12.8 Å². The van der Waals surface area contributed by atoms with Crippen molar-refractivity contribution in [3.63, 3.8) is 0 Å². The molecule has 0 saturated carbocycles. The molecule has 0 radical (unpaired) electrons. The fraction of sp³-hybridized carbons (Fsp3) is 0.929. The first kappa shape index (κ1) is 16.4. The summed E-state index contributed by atoms with van der Waals surface area (Å²) < 4.78 is 5.13. The van der Waals surface area contributed by atoms with Gasteiger partial charge in [-0.3, -0.25) is 9.69 Å². The maximum absolute atomic E-state index is 11.8. The standard InChI is InChI=1S/C14H29N3O2/c1-11(2)13(17-6-4-5-7-17)10-16-14(18)8-12(9-15)19-3/h11-13H,4-10,15H2,1-3H3,(H,16,18). The molecule has 19 heavy (non-hydrogen) atoms. The van der Waals surface area contributed by atoms with Gasteiger partial charge in [-0.25, -0.2) is 0 Å². The van der Waals surface area contributed by atoms with Crippen LogP contribution in [0.5, 0.6) is 0 Å². The van der Waals surface area contributed by atoms with E-state index in [0.29, 0.717) is 24.9 Å². The molecule has 1 rings (SSSR count). The van der Waals surface area contributed by atoms with Crippen molar-refractivity contribution >= 4 is 5.91 Å². The largest absolute Gasteiger partial charge is 0.380 e.